The summed E-state index contributed by atoms with van der Waals surface area (Å²) in [5, 5.41) is 13.5. The topological polar surface area (TPSA) is 95.5 Å². The molecule has 6 nitrogen and oxygen atoms in total. The molecule has 0 heterocycles. The van der Waals surface area contributed by atoms with Crippen LogP contribution in [-0.2, 0) is 14.4 Å². The predicted molar refractivity (Wildman–Crippen MR) is 77.4 cm³/mol. The zero-order valence-electron chi connectivity index (χ0n) is 12.1. The molecule has 0 radical (unpaired) electrons. The molecule has 0 aliphatic heterocycles. The second-order valence-corrected chi connectivity index (χ2v) is 5.12. The molecule has 0 aliphatic carbocycles. The number of carboxylic acids is 1. The second kappa shape index (κ2) is 8.04. The van der Waals surface area contributed by atoms with E-state index in [1.807, 2.05) is 13.8 Å². The van der Waals surface area contributed by atoms with Crippen LogP contribution < -0.4 is 10.6 Å². The minimum Gasteiger partial charge on any atom is -0.480 e. The Labute approximate surface area is 123 Å². The Bertz CT molecular complexity index is 500. The third kappa shape index (κ3) is 6.07. The summed E-state index contributed by atoms with van der Waals surface area (Å²) in [5.74, 6) is -1.75. The molecular weight excluding hydrogens is 272 g/mol. The maximum absolute atomic E-state index is 12.1. The smallest absolute Gasteiger partial charge is 0.322 e. The highest BCUT2D eigenvalue weighted by atomic mass is 16.4. The van der Waals surface area contributed by atoms with E-state index in [1.54, 1.807) is 30.3 Å². The van der Waals surface area contributed by atoms with Gasteiger partial charge >= 0.3 is 5.97 Å². The lowest BCUT2D eigenvalue weighted by Crippen LogP contribution is -2.42. The average molecular weight is 292 g/mol. The Morgan fingerprint density at radius 3 is 2.29 bits per heavy atom. The fraction of sp³-hybridized carbons (Fsp3) is 0.400. The van der Waals surface area contributed by atoms with Gasteiger partial charge in [0.1, 0.15) is 12.6 Å². The van der Waals surface area contributed by atoms with E-state index in [2.05, 4.69) is 10.6 Å². The molecular formula is C15H20N2O4. The van der Waals surface area contributed by atoms with Gasteiger partial charge in [-0.1, -0.05) is 44.2 Å². The molecule has 0 fully saturated rings. The minimum atomic E-state index is -1.14. The van der Waals surface area contributed by atoms with Gasteiger partial charge in [-0.15, -0.1) is 0 Å². The Hall–Kier alpha value is -2.37. The Kier molecular flexibility index (Phi) is 6.39. The van der Waals surface area contributed by atoms with Crippen molar-refractivity contribution in [3.05, 3.63) is 35.9 Å². The van der Waals surface area contributed by atoms with E-state index in [1.165, 1.54) is 0 Å². The first-order valence-corrected chi connectivity index (χ1v) is 6.74. The average Bonchev–Trinajstić information content (AvgIpc) is 2.42. The molecule has 0 bridgehead atoms. The zero-order valence-corrected chi connectivity index (χ0v) is 12.1. The molecule has 114 valence electrons. The molecule has 0 spiro atoms. The highest BCUT2D eigenvalue weighted by molar-refractivity contribution is 5.90. The van der Waals surface area contributed by atoms with Gasteiger partial charge in [0.2, 0.25) is 11.8 Å². The van der Waals surface area contributed by atoms with Gasteiger partial charge in [0, 0.05) is 6.42 Å². The predicted octanol–water partition coefficient (Wildman–Crippen LogP) is 1.09. The molecule has 0 aliphatic rings. The van der Waals surface area contributed by atoms with Crippen LogP contribution in [0, 0.1) is 5.92 Å². The van der Waals surface area contributed by atoms with Crippen LogP contribution in [-0.4, -0.2) is 29.4 Å². The van der Waals surface area contributed by atoms with Gasteiger partial charge < -0.3 is 15.7 Å². The third-order valence-electron chi connectivity index (χ3n) is 2.71. The van der Waals surface area contributed by atoms with Crippen LogP contribution in [0.1, 0.15) is 31.9 Å². The molecule has 1 unspecified atom stereocenters. The minimum absolute atomic E-state index is 0.170. The number of benzene rings is 1. The standard InChI is InChI=1S/C15H20N2O4/c1-10(2)8-12(18)17-14(11-6-4-3-5-7-11)15(21)16-9-13(19)20/h3-7,10,14H,8-9H2,1-2H3,(H,16,21)(H,17,18)(H,19,20). The SMILES string of the molecule is CC(C)CC(=O)NC(C(=O)NCC(=O)O)c1ccccc1. The van der Waals surface area contributed by atoms with Gasteiger partial charge in [-0.2, -0.15) is 0 Å². The van der Waals surface area contributed by atoms with Crippen LogP contribution in [0.4, 0.5) is 0 Å². The maximum Gasteiger partial charge on any atom is 0.322 e. The van der Waals surface area contributed by atoms with Gasteiger partial charge in [-0.3, -0.25) is 14.4 Å². The van der Waals surface area contributed by atoms with Crippen LogP contribution in [0.2, 0.25) is 0 Å². The van der Waals surface area contributed by atoms with Gasteiger partial charge in [0.25, 0.3) is 0 Å². The third-order valence-corrected chi connectivity index (χ3v) is 2.71. The molecule has 0 aromatic heterocycles. The molecule has 3 N–H and O–H groups in total. The number of carboxylic acid groups (broad SMARTS) is 1. The summed E-state index contributed by atoms with van der Waals surface area (Å²) in [6, 6.07) is 7.83. The summed E-state index contributed by atoms with van der Waals surface area (Å²) < 4.78 is 0. The lowest BCUT2D eigenvalue weighted by Gasteiger charge is -2.19. The number of amides is 2. The lowest BCUT2D eigenvalue weighted by molar-refractivity contribution is -0.138. The van der Waals surface area contributed by atoms with Crippen molar-refractivity contribution in [1.82, 2.24) is 10.6 Å². The largest absolute Gasteiger partial charge is 0.480 e. The Balaban J connectivity index is 2.82. The first-order valence-electron chi connectivity index (χ1n) is 6.74. The highest BCUT2D eigenvalue weighted by Crippen LogP contribution is 2.13. The monoisotopic (exact) mass is 292 g/mol. The summed E-state index contributed by atoms with van der Waals surface area (Å²) in [6.45, 7) is 3.32. The van der Waals surface area contributed by atoms with Crippen LogP contribution in [0.15, 0.2) is 30.3 Å². The van der Waals surface area contributed by atoms with Crippen molar-refractivity contribution in [2.24, 2.45) is 5.92 Å². The van der Waals surface area contributed by atoms with Gasteiger partial charge in [-0.25, -0.2) is 0 Å². The van der Waals surface area contributed by atoms with Crippen molar-refractivity contribution in [2.45, 2.75) is 26.3 Å². The summed E-state index contributed by atoms with van der Waals surface area (Å²) in [6.07, 6.45) is 0.301. The fourth-order valence-electron chi connectivity index (χ4n) is 1.80. The van der Waals surface area contributed by atoms with Crippen molar-refractivity contribution in [1.29, 1.82) is 0 Å². The molecule has 1 aromatic carbocycles. The van der Waals surface area contributed by atoms with Crippen molar-refractivity contribution in [3.63, 3.8) is 0 Å². The van der Waals surface area contributed by atoms with Gasteiger partial charge in [0.15, 0.2) is 0 Å². The summed E-state index contributed by atoms with van der Waals surface area (Å²) in [5.41, 5.74) is 0.609. The number of nitrogens with one attached hydrogen (secondary N) is 2. The van der Waals surface area contributed by atoms with Gasteiger partial charge in [-0.05, 0) is 11.5 Å². The number of carbonyl (C=O) groups is 3. The summed E-state index contributed by atoms with van der Waals surface area (Å²) in [4.78, 5) is 34.5. The molecule has 1 aromatic rings. The molecule has 1 atom stereocenters. The Morgan fingerprint density at radius 1 is 1.14 bits per heavy atom. The van der Waals surface area contributed by atoms with E-state index in [0.29, 0.717) is 12.0 Å². The number of hydrogen-bond donors (Lipinski definition) is 3. The van der Waals surface area contributed by atoms with Crippen LogP contribution in [0.25, 0.3) is 0 Å². The number of carbonyl (C=O) groups excluding carboxylic acids is 2. The van der Waals surface area contributed by atoms with E-state index in [0.717, 1.165) is 0 Å². The Morgan fingerprint density at radius 2 is 1.76 bits per heavy atom. The van der Waals surface area contributed by atoms with Crippen molar-refractivity contribution >= 4 is 17.8 Å². The normalized spacial score (nSPS) is 11.8. The molecule has 0 saturated carbocycles. The van der Waals surface area contributed by atoms with E-state index < -0.39 is 24.5 Å². The fourth-order valence-corrected chi connectivity index (χ4v) is 1.80. The molecule has 0 saturated heterocycles. The second-order valence-electron chi connectivity index (χ2n) is 5.12. The lowest BCUT2D eigenvalue weighted by atomic mass is 10.0. The first kappa shape index (κ1) is 16.7. The van der Waals surface area contributed by atoms with Crippen LogP contribution >= 0.6 is 0 Å². The van der Waals surface area contributed by atoms with E-state index in [9.17, 15) is 14.4 Å². The van der Waals surface area contributed by atoms with Crippen molar-refractivity contribution < 1.29 is 19.5 Å². The molecule has 2 amide bonds. The van der Waals surface area contributed by atoms with Gasteiger partial charge in [0.05, 0.1) is 0 Å². The number of aliphatic carboxylic acids is 1. The van der Waals surface area contributed by atoms with Crippen molar-refractivity contribution in [3.8, 4) is 0 Å². The van der Waals surface area contributed by atoms with E-state index >= 15 is 0 Å². The summed E-state index contributed by atoms with van der Waals surface area (Å²) in [7, 11) is 0. The number of hydrogen-bond acceptors (Lipinski definition) is 3. The molecule has 1 rings (SSSR count). The number of rotatable bonds is 7. The van der Waals surface area contributed by atoms with E-state index in [-0.39, 0.29) is 11.8 Å². The summed E-state index contributed by atoms with van der Waals surface area (Å²) >= 11 is 0. The maximum atomic E-state index is 12.1. The molecule has 21 heavy (non-hydrogen) atoms. The van der Waals surface area contributed by atoms with E-state index in [4.69, 9.17) is 5.11 Å². The first-order chi connectivity index (χ1) is 9.90. The quantitative estimate of drug-likeness (QED) is 0.701. The zero-order chi connectivity index (χ0) is 15.8. The highest BCUT2D eigenvalue weighted by Gasteiger charge is 2.23. The molecule has 6 heteroatoms. The van der Waals surface area contributed by atoms with Crippen molar-refractivity contribution in [2.75, 3.05) is 6.54 Å². The van der Waals surface area contributed by atoms with Crippen LogP contribution in [0.5, 0.6) is 0 Å². The van der Waals surface area contributed by atoms with Crippen LogP contribution in [0.3, 0.4) is 0 Å².